The highest BCUT2D eigenvalue weighted by atomic mass is 79.9. The molecule has 1 aromatic heterocycles. The van der Waals surface area contributed by atoms with E-state index in [1.165, 1.54) is 32.5 Å². The van der Waals surface area contributed by atoms with Crippen LogP contribution in [-0.2, 0) is 6.54 Å². The normalized spacial score (nSPS) is 10.3. The van der Waals surface area contributed by atoms with Crippen molar-refractivity contribution in [3.05, 3.63) is 46.2 Å². The zero-order valence-electron chi connectivity index (χ0n) is 11.4. The molecule has 1 aromatic carbocycles. The summed E-state index contributed by atoms with van der Waals surface area (Å²) in [6, 6.07) is 4.01. The summed E-state index contributed by atoms with van der Waals surface area (Å²) < 4.78 is 38.2. The van der Waals surface area contributed by atoms with Crippen LogP contribution in [0.3, 0.4) is 0 Å². The standard InChI is InChI=1S/C14H13BrF2N2O2/c1-20-12-3-4-18-11(14(12)21-2)7-19-13-9(16)5-8(15)6-10(13)17/h3-6,19H,7H2,1-2H3. The molecule has 0 amide bonds. The van der Waals surface area contributed by atoms with Gasteiger partial charge in [-0.3, -0.25) is 4.98 Å². The summed E-state index contributed by atoms with van der Waals surface area (Å²) in [7, 11) is 2.98. The van der Waals surface area contributed by atoms with E-state index in [4.69, 9.17) is 9.47 Å². The van der Waals surface area contributed by atoms with E-state index < -0.39 is 11.6 Å². The fourth-order valence-corrected chi connectivity index (χ4v) is 2.26. The van der Waals surface area contributed by atoms with Gasteiger partial charge in [0.25, 0.3) is 0 Å². The number of nitrogens with zero attached hydrogens (tertiary/aromatic N) is 1. The molecule has 0 aliphatic carbocycles. The highest BCUT2D eigenvalue weighted by Crippen LogP contribution is 2.30. The number of benzene rings is 1. The van der Waals surface area contributed by atoms with Gasteiger partial charge in [0.15, 0.2) is 11.5 Å². The second-order valence-electron chi connectivity index (χ2n) is 4.09. The van der Waals surface area contributed by atoms with Gasteiger partial charge in [-0.05, 0) is 12.1 Å². The minimum atomic E-state index is -0.691. The Balaban J connectivity index is 2.25. The summed E-state index contributed by atoms with van der Waals surface area (Å²) in [5.41, 5.74) is 0.267. The first kappa shape index (κ1) is 15.5. The fraction of sp³-hybridized carbons (Fsp3) is 0.214. The molecule has 0 fully saturated rings. The molecule has 7 heteroatoms. The van der Waals surface area contributed by atoms with Gasteiger partial charge in [-0.1, -0.05) is 15.9 Å². The lowest BCUT2D eigenvalue weighted by molar-refractivity contribution is 0.350. The van der Waals surface area contributed by atoms with Crippen molar-refractivity contribution < 1.29 is 18.3 Å². The van der Waals surface area contributed by atoms with E-state index in [0.717, 1.165) is 0 Å². The lowest BCUT2D eigenvalue weighted by atomic mass is 10.2. The van der Waals surface area contributed by atoms with Gasteiger partial charge in [0, 0.05) is 16.7 Å². The Bertz CT molecular complexity index is 630. The molecule has 0 unspecified atom stereocenters. The smallest absolute Gasteiger partial charge is 0.184 e. The van der Waals surface area contributed by atoms with Crippen LogP contribution in [0.1, 0.15) is 5.69 Å². The zero-order valence-corrected chi connectivity index (χ0v) is 13.0. The number of hydrogen-bond donors (Lipinski definition) is 1. The molecule has 2 rings (SSSR count). The van der Waals surface area contributed by atoms with Crippen LogP contribution in [0.4, 0.5) is 14.5 Å². The third kappa shape index (κ3) is 3.41. The molecule has 112 valence electrons. The number of hydrogen-bond acceptors (Lipinski definition) is 4. The Morgan fingerprint density at radius 3 is 2.43 bits per heavy atom. The van der Waals surface area contributed by atoms with Crippen molar-refractivity contribution in [1.29, 1.82) is 0 Å². The van der Waals surface area contributed by atoms with E-state index in [1.54, 1.807) is 6.07 Å². The van der Waals surface area contributed by atoms with Crippen molar-refractivity contribution in [2.75, 3.05) is 19.5 Å². The number of aromatic nitrogens is 1. The molecule has 0 bridgehead atoms. The third-order valence-corrected chi connectivity index (χ3v) is 3.26. The maximum Gasteiger partial charge on any atom is 0.184 e. The van der Waals surface area contributed by atoms with Crippen molar-refractivity contribution in [2.24, 2.45) is 0 Å². The Labute approximate surface area is 129 Å². The number of rotatable bonds is 5. The van der Waals surface area contributed by atoms with Crippen molar-refractivity contribution in [3.63, 3.8) is 0 Å². The lowest BCUT2D eigenvalue weighted by Gasteiger charge is -2.13. The fourth-order valence-electron chi connectivity index (χ4n) is 1.86. The van der Waals surface area contributed by atoms with Gasteiger partial charge in [-0.25, -0.2) is 8.78 Å². The van der Waals surface area contributed by atoms with Crippen LogP contribution in [0.15, 0.2) is 28.9 Å². The summed E-state index contributed by atoms with van der Waals surface area (Å²) in [5.74, 6) is -0.459. The Morgan fingerprint density at radius 2 is 1.86 bits per heavy atom. The SMILES string of the molecule is COc1ccnc(CNc2c(F)cc(Br)cc2F)c1OC. The molecule has 0 radical (unpaired) electrons. The van der Waals surface area contributed by atoms with Crippen molar-refractivity contribution >= 4 is 21.6 Å². The van der Waals surface area contributed by atoms with Gasteiger partial charge in [-0.15, -0.1) is 0 Å². The average molecular weight is 359 g/mol. The quantitative estimate of drug-likeness (QED) is 0.883. The Kier molecular flexibility index (Phi) is 4.95. The number of pyridine rings is 1. The minimum Gasteiger partial charge on any atom is -0.493 e. The molecule has 0 saturated carbocycles. The van der Waals surface area contributed by atoms with Crippen molar-refractivity contribution in [3.8, 4) is 11.5 Å². The van der Waals surface area contributed by atoms with Gasteiger partial charge in [0.2, 0.25) is 0 Å². The van der Waals surface area contributed by atoms with Gasteiger partial charge < -0.3 is 14.8 Å². The van der Waals surface area contributed by atoms with E-state index in [0.29, 0.717) is 21.7 Å². The lowest BCUT2D eigenvalue weighted by Crippen LogP contribution is -2.07. The number of anilines is 1. The predicted molar refractivity (Wildman–Crippen MR) is 78.7 cm³/mol. The topological polar surface area (TPSA) is 43.4 Å². The van der Waals surface area contributed by atoms with E-state index in [2.05, 4.69) is 26.2 Å². The molecule has 0 atom stereocenters. The largest absolute Gasteiger partial charge is 0.493 e. The summed E-state index contributed by atoms with van der Waals surface area (Å²) >= 11 is 3.03. The van der Waals surface area contributed by atoms with Crippen LogP contribution in [0, 0.1) is 11.6 Å². The monoisotopic (exact) mass is 358 g/mol. The molecule has 0 spiro atoms. The molecule has 0 saturated heterocycles. The van der Waals surface area contributed by atoms with Crippen molar-refractivity contribution in [1.82, 2.24) is 4.98 Å². The highest BCUT2D eigenvalue weighted by molar-refractivity contribution is 9.10. The Hall–Kier alpha value is -1.89. The summed E-state index contributed by atoms with van der Waals surface area (Å²) in [5, 5.41) is 2.68. The second-order valence-corrected chi connectivity index (χ2v) is 5.01. The van der Waals surface area contributed by atoms with E-state index >= 15 is 0 Å². The van der Waals surface area contributed by atoms with Crippen LogP contribution in [0.2, 0.25) is 0 Å². The van der Waals surface area contributed by atoms with E-state index in [1.807, 2.05) is 0 Å². The molecule has 21 heavy (non-hydrogen) atoms. The molecule has 2 aromatic rings. The molecule has 0 aliphatic rings. The first-order valence-corrected chi connectivity index (χ1v) is 6.80. The summed E-state index contributed by atoms with van der Waals surface area (Å²) in [6.07, 6.45) is 1.53. The molecule has 4 nitrogen and oxygen atoms in total. The molecule has 1 heterocycles. The summed E-state index contributed by atoms with van der Waals surface area (Å²) in [6.45, 7) is 0.0931. The molecule has 1 N–H and O–H groups in total. The maximum absolute atomic E-state index is 13.7. The minimum absolute atomic E-state index is 0.0931. The number of nitrogens with one attached hydrogen (secondary N) is 1. The molecular formula is C14H13BrF2N2O2. The number of ether oxygens (including phenoxy) is 2. The Morgan fingerprint density at radius 1 is 1.19 bits per heavy atom. The van der Waals surface area contributed by atoms with Gasteiger partial charge in [0.05, 0.1) is 20.8 Å². The maximum atomic E-state index is 13.7. The van der Waals surface area contributed by atoms with Gasteiger partial charge >= 0.3 is 0 Å². The third-order valence-electron chi connectivity index (χ3n) is 2.81. The van der Waals surface area contributed by atoms with Crippen LogP contribution in [0.25, 0.3) is 0 Å². The van der Waals surface area contributed by atoms with Crippen LogP contribution >= 0.6 is 15.9 Å². The second kappa shape index (κ2) is 6.71. The molecule has 0 aliphatic heterocycles. The van der Waals surface area contributed by atoms with Crippen molar-refractivity contribution in [2.45, 2.75) is 6.54 Å². The average Bonchev–Trinajstić information content (AvgIpc) is 2.45. The van der Waals surface area contributed by atoms with E-state index in [-0.39, 0.29) is 12.2 Å². The summed E-state index contributed by atoms with van der Waals surface area (Å²) in [4.78, 5) is 4.13. The van der Waals surface area contributed by atoms with Crippen LogP contribution in [-0.4, -0.2) is 19.2 Å². The first-order chi connectivity index (χ1) is 10.1. The number of methoxy groups -OCH3 is 2. The highest BCUT2D eigenvalue weighted by Gasteiger charge is 2.14. The predicted octanol–water partition coefficient (Wildman–Crippen LogP) is 3.75. The number of halogens is 3. The zero-order chi connectivity index (χ0) is 15.4. The van der Waals surface area contributed by atoms with Gasteiger partial charge in [-0.2, -0.15) is 0 Å². The van der Waals surface area contributed by atoms with E-state index in [9.17, 15) is 8.78 Å². The van der Waals surface area contributed by atoms with Crippen LogP contribution < -0.4 is 14.8 Å². The van der Waals surface area contributed by atoms with Gasteiger partial charge in [0.1, 0.15) is 23.0 Å². The first-order valence-electron chi connectivity index (χ1n) is 6.01. The van der Waals surface area contributed by atoms with Crippen LogP contribution in [0.5, 0.6) is 11.5 Å². The molecular weight excluding hydrogens is 346 g/mol.